The van der Waals surface area contributed by atoms with Gasteiger partial charge in [0.05, 0.1) is 0 Å². The Labute approximate surface area is 106 Å². The van der Waals surface area contributed by atoms with Gasteiger partial charge in [0.15, 0.2) is 0 Å². The van der Waals surface area contributed by atoms with E-state index in [1.807, 2.05) is 14.1 Å². The van der Waals surface area contributed by atoms with E-state index in [0.717, 1.165) is 19.4 Å². The molecule has 0 aromatic carbocycles. The summed E-state index contributed by atoms with van der Waals surface area (Å²) in [5, 5.41) is 0. The monoisotopic (exact) mass is 251 g/mol. The summed E-state index contributed by atoms with van der Waals surface area (Å²) in [6, 6.07) is 4.69. The molecule has 1 aliphatic heterocycles. The van der Waals surface area contributed by atoms with Crippen LogP contribution < -0.4 is 0 Å². The van der Waals surface area contributed by atoms with Crippen LogP contribution in [-0.4, -0.2) is 53.9 Å². The van der Waals surface area contributed by atoms with Crippen molar-refractivity contribution in [2.24, 2.45) is 0 Å². The van der Waals surface area contributed by atoms with Crippen molar-refractivity contribution in [2.75, 3.05) is 27.2 Å². The summed E-state index contributed by atoms with van der Waals surface area (Å²) in [5.74, 6) is -0.789. The molecule has 18 heavy (non-hydrogen) atoms. The standard InChI is InChI=1S/C13H18FN3O/c1-16(2)10-5-4-8-17(9-10)13(18)11-6-3-7-12(14)15-11/h3,6-7,10H,4-5,8-9H2,1-2H3. The number of rotatable bonds is 2. The lowest BCUT2D eigenvalue weighted by Crippen LogP contribution is -2.47. The summed E-state index contributed by atoms with van der Waals surface area (Å²) < 4.78 is 13.0. The van der Waals surface area contributed by atoms with Gasteiger partial charge in [-0.2, -0.15) is 4.39 Å². The highest BCUT2D eigenvalue weighted by Crippen LogP contribution is 2.15. The molecule has 1 aromatic heterocycles. The van der Waals surface area contributed by atoms with Crippen molar-refractivity contribution in [2.45, 2.75) is 18.9 Å². The van der Waals surface area contributed by atoms with Gasteiger partial charge in [-0.05, 0) is 39.1 Å². The fourth-order valence-corrected chi connectivity index (χ4v) is 2.25. The van der Waals surface area contributed by atoms with Gasteiger partial charge in [0.1, 0.15) is 5.69 Å². The van der Waals surface area contributed by atoms with Crippen molar-refractivity contribution in [3.8, 4) is 0 Å². The van der Waals surface area contributed by atoms with Gasteiger partial charge in [0, 0.05) is 19.1 Å². The van der Waals surface area contributed by atoms with Gasteiger partial charge in [0.25, 0.3) is 5.91 Å². The van der Waals surface area contributed by atoms with Crippen molar-refractivity contribution in [3.05, 3.63) is 29.8 Å². The molecule has 2 heterocycles. The minimum Gasteiger partial charge on any atom is -0.336 e. The second kappa shape index (κ2) is 5.44. The molecule has 1 fully saturated rings. The second-order valence-electron chi connectivity index (χ2n) is 4.86. The molecule has 1 aromatic rings. The molecule has 4 nitrogen and oxygen atoms in total. The van der Waals surface area contributed by atoms with E-state index in [2.05, 4.69) is 9.88 Å². The number of aromatic nitrogens is 1. The molecule has 1 atom stereocenters. The van der Waals surface area contributed by atoms with E-state index in [4.69, 9.17) is 0 Å². The zero-order chi connectivity index (χ0) is 13.1. The van der Waals surface area contributed by atoms with Crippen LogP contribution in [0.1, 0.15) is 23.3 Å². The molecular weight excluding hydrogens is 233 g/mol. The first-order valence-electron chi connectivity index (χ1n) is 6.16. The van der Waals surface area contributed by atoms with Crippen LogP contribution in [0.4, 0.5) is 4.39 Å². The summed E-state index contributed by atoms with van der Waals surface area (Å²) >= 11 is 0. The maximum atomic E-state index is 13.0. The Morgan fingerprint density at radius 1 is 1.50 bits per heavy atom. The number of piperidine rings is 1. The number of carbonyl (C=O) groups is 1. The summed E-state index contributed by atoms with van der Waals surface area (Å²) in [7, 11) is 4.03. The Hall–Kier alpha value is -1.49. The zero-order valence-corrected chi connectivity index (χ0v) is 10.8. The Balaban J connectivity index is 2.09. The summed E-state index contributed by atoms with van der Waals surface area (Å²) in [5.41, 5.74) is 0.189. The molecule has 2 rings (SSSR count). The molecule has 0 bridgehead atoms. The Morgan fingerprint density at radius 2 is 2.28 bits per heavy atom. The van der Waals surface area contributed by atoms with Crippen LogP contribution in [0.2, 0.25) is 0 Å². The van der Waals surface area contributed by atoms with E-state index >= 15 is 0 Å². The van der Waals surface area contributed by atoms with Gasteiger partial charge in [-0.1, -0.05) is 6.07 Å². The first kappa shape index (κ1) is 13.0. The fourth-order valence-electron chi connectivity index (χ4n) is 2.25. The molecule has 0 aliphatic carbocycles. The SMILES string of the molecule is CN(C)C1CCCN(C(=O)c2cccc(F)n2)C1. The molecule has 0 saturated carbocycles. The third kappa shape index (κ3) is 2.85. The Morgan fingerprint density at radius 3 is 2.94 bits per heavy atom. The minimum atomic E-state index is -0.609. The number of amides is 1. The molecule has 1 unspecified atom stereocenters. The lowest BCUT2D eigenvalue weighted by molar-refractivity contribution is 0.0628. The van der Waals surface area contributed by atoms with Gasteiger partial charge in [-0.3, -0.25) is 4.79 Å². The number of hydrogen-bond donors (Lipinski definition) is 0. The van der Waals surface area contributed by atoms with Crippen LogP contribution in [0.5, 0.6) is 0 Å². The van der Waals surface area contributed by atoms with Crippen LogP contribution in [0.25, 0.3) is 0 Å². The number of hydrogen-bond acceptors (Lipinski definition) is 3. The molecule has 0 spiro atoms. The van der Waals surface area contributed by atoms with E-state index in [1.165, 1.54) is 12.1 Å². The van der Waals surface area contributed by atoms with Gasteiger partial charge >= 0.3 is 0 Å². The quantitative estimate of drug-likeness (QED) is 0.745. The van der Waals surface area contributed by atoms with Crippen LogP contribution in [0.3, 0.4) is 0 Å². The van der Waals surface area contributed by atoms with Crippen LogP contribution >= 0.6 is 0 Å². The van der Waals surface area contributed by atoms with Gasteiger partial charge in [0.2, 0.25) is 5.95 Å². The number of pyridine rings is 1. The number of likely N-dealkylation sites (N-methyl/N-ethyl adjacent to an activating group) is 1. The smallest absolute Gasteiger partial charge is 0.272 e. The van der Waals surface area contributed by atoms with Crippen LogP contribution in [-0.2, 0) is 0 Å². The van der Waals surface area contributed by atoms with Crippen LogP contribution in [0, 0.1) is 5.95 Å². The predicted molar refractivity (Wildman–Crippen MR) is 66.8 cm³/mol. The van der Waals surface area contributed by atoms with Gasteiger partial charge in [-0.25, -0.2) is 4.98 Å². The first-order chi connectivity index (χ1) is 8.58. The summed E-state index contributed by atoms with van der Waals surface area (Å²) in [6.07, 6.45) is 2.07. The second-order valence-corrected chi connectivity index (χ2v) is 4.86. The maximum Gasteiger partial charge on any atom is 0.272 e. The van der Waals surface area contributed by atoms with Crippen molar-refractivity contribution in [1.29, 1.82) is 0 Å². The Kier molecular flexibility index (Phi) is 3.91. The largest absolute Gasteiger partial charge is 0.336 e. The zero-order valence-electron chi connectivity index (χ0n) is 10.8. The van der Waals surface area contributed by atoms with E-state index in [0.29, 0.717) is 12.6 Å². The highest BCUT2D eigenvalue weighted by Gasteiger charge is 2.26. The van der Waals surface area contributed by atoms with E-state index < -0.39 is 5.95 Å². The molecule has 1 aliphatic rings. The highest BCUT2D eigenvalue weighted by atomic mass is 19.1. The third-order valence-corrected chi connectivity index (χ3v) is 3.35. The molecule has 0 radical (unpaired) electrons. The van der Waals surface area contributed by atoms with Crippen molar-refractivity contribution in [1.82, 2.24) is 14.8 Å². The van der Waals surface area contributed by atoms with Gasteiger partial charge in [-0.15, -0.1) is 0 Å². The average Bonchev–Trinajstić information content (AvgIpc) is 2.38. The lowest BCUT2D eigenvalue weighted by Gasteiger charge is -2.35. The minimum absolute atomic E-state index is 0.180. The van der Waals surface area contributed by atoms with E-state index in [9.17, 15) is 9.18 Å². The van der Waals surface area contributed by atoms with E-state index in [-0.39, 0.29) is 11.6 Å². The predicted octanol–water partition coefficient (Wildman–Crippen LogP) is 1.39. The maximum absolute atomic E-state index is 13.0. The third-order valence-electron chi connectivity index (χ3n) is 3.35. The lowest BCUT2D eigenvalue weighted by atomic mass is 10.0. The highest BCUT2D eigenvalue weighted by molar-refractivity contribution is 5.92. The number of likely N-dealkylation sites (tertiary alicyclic amines) is 1. The molecule has 1 saturated heterocycles. The van der Waals surface area contributed by atoms with Gasteiger partial charge < -0.3 is 9.80 Å². The molecular formula is C13H18FN3O. The molecule has 5 heteroatoms. The fraction of sp³-hybridized carbons (Fsp3) is 0.538. The van der Waals surface area contributed by atoms with Crippen molar-refractivity contribution < 1.29 is 9.18 Å². The van der Waals surface area contributed by atoms with E-state index in [1.54, 1.807) is 11.0 Å². The summed E-state index contributed by atoms with van der Waals surface area (Å²) in [4.78, 5) is 19.7. The topological polar surface area (TPSA) is 36.4 Å². The molecule has 0 N–H and O–H groups in total. The molecule has 1 amide bonds. The number of nitrogens with zero attached hydrogens (tertiary/aromatic N) is 3. The summed E-state index contributed by atoms with van der Waals surface area (Å²) in [6.45, 7) is 1.41. The normalized spacial score (nSPS) is 20.2. The Bertz CT molecular complexity index is 436. The first-order valence-corrected chi connectivity index (χ1v) is 6.16. The number of halogens is 1. The molecule has 98 valence electrons. The van der Waals surface area contributed by atoms with Crippen molar-refractivity contribution in [3.63, 3.8) is 0 Å². The van der Waals surface area contributed by atoms with Crippen LogP contribution in [0.15, 0.2) is 18.2 Å². The number of carbonyl (C=O) groups excluding carboxylic acids is 1. The van der Waals surface area contributed by atoms with Crippen molar-refractivity contribution >= 4 is 5.91 Å². The average molecular weight is 251 g/mol.